The van der Waals surface area contributed by atoms with E-state index in [1.807, 2.05) is 13.0 Å². The Hall–Kier alpha value is -5.44. The zero-order valence-electron chi connectivity index (χ0n) is 33.8. The van der Waals surface area contributed by atoms with Gasteiger partial charge in [-0.05, 0) is 56.4 Å². The third-order valence-corrected chi connectivity index (χ3v) is 11.8. The number of aryl methyl sites for hydroxylation is 1. The molecule has 0 unspecified atom stereocenters. The number of fused-ring (bicyclic) bond motifs is 2. The maximum absolute atomic E-state index is 14.6. The molecule has 9 atom stereocenters. The zero-order valence-corrected chi connectivity index (χ0v) is 33.8. The quantitative estimate of drug-likeness (QED) is 0.117. The molecule has 4 bridgehead atoms. The summed E-state index contributed by atoms with van der Waals surface area (Å²) in [7, 11) is 2.71. The van der Waals surface area contributed by atoms with Gasteiger partial charge in [0.15, 0.2) is 5.75 Å². The number of aliphatic hydroxyl groups excluding tert-OH is 2. The van der Waals surface area contributed by atoms with Crippen molar-refractivity contribution in [3.63, 3.8) is 0 Å². The van der Waals surface area contributed by atoms with E-state index in [4.69, 9.17) is 23.9 Å². The van der Waals surface area contributed by atoms with Crippen molar-refractivity contribution in [2.75, 3.05) is 19.5 Å². The maximum atomic E-state index is 14.6. The summed E-state index contributed by atoms with van der Waals surface area (Å²) in [5.41, 5.74) is 2.16. The number of phenolic OH excluding ortho intramolecular Hbond substituents is 2. The highest BCUT2D eigenvalue weighted by molar-refractivity contribution is 6.28. The number of esters is 1. The number of benzene rings is 2. The molecular formula is C43H51N3O11. The fourth-order valence-corrected chi connectivity index (χ4v) is 8.22. The molecule has 6 rings (SSSR count). The number of Topliss-reactive ketones (excluding diaryl/α,β-unsaturated/α-hetero) is 1. The summed E-state index contributed by atoms with van der Waals surface area (Å²) in [4.78, 5) is 46.5. The van der Waals surface area contributed by atoms with E-state index in [0.717, 1.165) is 5.56 Å². The van der Waals surface area contributed by atoms with E-state index >= 15 is 0 Å². The number of phenols is 2. The highest BCUT2D eigenvalue weighted by Gasteiger charge is 2.50. The second kappa shape index (κ2) is 15.5. The smallest absolute Gasteiger partial charge is 0.312 e. The summed E-state index contributed by atoms with van der Waals surface area (Å²) in [6.07, 6.45) is 6.39. The van der Waals surface area contributed by atoms with Gasteiger partial charge in [-0.25, -0.2) is 4.98 Å². The number of allylic oxidation sites excluding steroid dienone is 2. The Bertz CT molecular complexity index is 2380. The van der Waals surface area contributed by atoms with Gasteiger partial charge in [-0.15, -0.1) is 0 Å². The van der Waals surface area contributed by atoms with Crippen LogP contribution in [0.25, 0.3) is 27.5 Å². The molecule has 2 aliphatic rings. The highest BCUT2D eigenvalue weighted by atomic mass is 16.7. The van der Waals surface area contributed by atoms with Crippen molar-refractivity contribution in [2.45, 2.75) is 79.5 Å². The van der Waals surface area contributed by atoms with Crippen molar-refractivity contribution in [1.82, 2.24) is 9.38 Å². The molecule has 0 saturated heterocycles. The van der Waals surface area contributed by atoms with Crippen molar-refractivity contribution in [3.8, 4) is 17.2 Å². The fraction of sp³-hybridized carbons (Fsp3) is 0.442. The zero-order chi connectivity index (χ0) is 41.8. The lowest BCUT2D eigenvalue weighted by molar-refractivity contribution is -0.155. The molecule has 2 aromatic carbocycles. The largest absolute Gasteiger partial charge is 0.507 e. The lowest BCUT2D eigenvalue weighted by atomic mass is 9.73. The number of nitrogens with one attached hydrogen (secondary N) is 1. The SMILES string of the molecule is COC(=O)[C@H]1[C@@H](C)[C@@H](OC)C=CO[C@@]2(C)Oc3c(C)c(O)c4c(O)c(c5c(nc6cc(C)ccn65)c4c3C2=O)NC(=O)/C(C)=C\C=C/[C@@H](C)[C@@H](O)[C@@H](C)[C@H](O)[C@@H]1C. The van der Waals surface area contributed by atoms with Crippen LogP contribution in [-0.2, 0) is 23.8 Å². The number of ketones is 1. The number of hydrogen-bond donors (Lipinski definition) is 5. The lowest BCUT2D eigenvalue weighted by Crippen LogP contribution is -2.45. The number of rotatable bonds is 2. The number of carbonyl (C=O) groups is 3. The molecular weight excluding hydrogens is 734 g/mol. The van der Waals surface area contributed by atoms with Gasteiger partial charge in [0.05, 0.1) is 48.6 Å². The summed E-state index contributed by atoms with van der Waals surface area (Å²) in [6, 6.07) is 3.64. The normalized spacial score (nSPS) is 30.3. The van der Waals surface area contributed by atoms with E-state index in [2.05, 4.69) is 5.32 Å². The predicted octanol–water partition coefficient (Wildman–Crippen LogP) is 6.02. The highest BCUT2D eigenvalue weighted by Crippen LogP contribution is 2.54. The molecule has 14 heteroatoms. The fourth-order valence-electron chi connectivity index (χ4n) is 8.22. The average Bonchev–Trinajstić information content (AvgIpc) is 3.68. The van der Waals surface area contributed by atoms with Gasteiger partial charge in [-0.3, -0.25) is 18.8 Å². The first-order chi connectivity index (χ1) is 26.9. The van der Waals surface area contributed by atoms with Crippen LogP contribution in [0.1, 0.15) is 63.0 Å². The molecule has 2 aliphatic heterocycles. The number of imidazole rings is 1. The van der Waals surface area contributed by atoms with Crippen molar-refractivity contribution in [2.24, 2.45) is 29.6 Å². The Morgan fingerprint density at radius 1 is 0.965 bits per heavy atom. The number of pyridine rings is 1. The van der Waals surface area contributed by atoms with Crippen LogP contribution in [0.15, 0.2) is 54.5 Å². The first kappa shape index (κ1) is 41.2. The molecule has 0 aliphatic carbocycles. The van der Waals surface area contributed by atoms with Gasteiger partial charge in [0.25, 0.3) is 11.7 Å². The number of aliphatic hydroxyl groups is 2. The molecule has 4 aromatic rings. The minimum Gasteiger partial charge on any atom is -0.507 e. The molecule has 1 amide bonds. The van der Waals surface area contributed by atoms with Crippen LogP contribution < -0.4 is 10.1 Å². The molecule has 0 spiro atoms. The van der Waals surface area contributed by atoms with Gasteiger partial charge in [0.1, 0.15) is 33.9 Å². The van der Waals surface area contributed by atoms with E-state index in [1.54, 1.807) is 69.5 Å². The van der Waals surface area contributed by atoms with Crippen molar-refractivity contribution in [3.05, 3.63) is 71.2 Å². The van der Waals surface area contributed by atoms with Crippen LogP contribution in [-0.4, -0.2) is 85.8 Å². The summed E-state index contributed by atoms with van der Waals surface area (Å²) in [6.45, 7) is 13.4. The molecule has 5 N–H and O–H groups in total. The summed E-state index contributed by atoms with van der Waals surface area (Å²) in [5, 5.41) is 49.4. The second-order valence-corrected chi connectivity index (χ2v) is 15.6. The van der Waals surface area contributed by atoms with Gasteiger partial charge in [-0.2, -0.15) is 0 Å². The molecule has 0 fully saturated rings. The van der Waals surface area contributed by atoms with Crippen LogP contribution in [0, 0.1) is 43.4 Å². The van der Waals surface area contributed by atoms with E-state index in [0.29, 0.717) is 5.65 Å². The Labute approximate surface area is 330 Å². The van der Waals surface area contributed by atoms with Crippen LogP contribution in [0.2, 0.25) is 0 Å². The lowest BCUT2D eigenvalue weighted by Gasteiger charge is -2.37. The topological polar surface area (TPSA) is 198 Å². The average molecular weight is 786 g/mol. The third kappa shape index (κ3) is 6.89. The van der Waals surface area contributed by atoms with E-state index in [-0.39, 0.29) is 55.7 Å². The minimum absolute atomic E-state index is 0.0147. The van der Waals surface area contributed by atoms with Crippen LogP contribution in [0.5, 0.6) is 17.2 Å². The van der Waals surface area contributed by atoms with Gasteiger partial charge in [0, 0.05) is 48.6 Å². The molecule has 304 valence electrons. The number of nitrogens with zero attached hydrogens (tertiary/aromatic N) is 2. The Kier molecular flexibility index (Phi) is 11.2. The van der Waals surface area contributed by atoms with Gasteiger partial charge in [-0.1, -0.05) is 45.9 Å². The van der Waals surface area contributed by atoms with Gasteiger partial charge >= 0.3 is 11.8 Å². The number of aromatic nitrogens is 2. The number of anilines is 1. The first-order valence-corrected chi connectivity index (χ1v) is 18.9. The van der Waals surface area contributed by atoms with Crippen molar-refractivity contribution < 1.29 is 53.8 Å². The third-order valence-electron chi connectivity index (χ3n) is 11.8. The Morgan fingerprint density at radius 3 is 2.33 bits per heavy atom. The molecule has 2 aromatic heterocycles. The molecule has 14 nitrogen and oxygen atoms in total. The monoisotopic (exact) mass is 785 g/mol. The molecule has 0 radical (unpaired) electrons. The standard InChI is InChI=1S/C43H51N3O11/c1-19-14-16-46-27(18-19)44-32-29-30-37(49)25(7)39-31(29)40(51)43(8,57-39)56-17-15-26(54-9)22(4)28(42(53)55-10)23(5)36(48)24(6)35(47)20(2)12-11-13-21(3)41(52)45-33(34(32)46)38(30)50/h11-18,20,22-24,26,28,35-36,47-50H,1-10H3,(H,45,52)/b12-11-,17-15?,21-13-/t20-,22+,23-,24-,26+,28+,35-,36-,43+/m1/s1. The van der Waals surface area contributed by atoms with Gasteiger partial charge < -0.3 is 44.7 Å². The second-order valence-electron chi connectivity index (χ2n) is 15.6. The molecule has 4 heterocycles. The predicted molar refractivity (Wildman–Crippen MR) is 213 cm³/mol. The molecule has 57 heavy (non-hydrogen) atoms. The van der Waals surface area contributed by atoms with E-state index < -0.39 is 77.1 Å². The number of aromatic hydroxyl groups is 2. The number of amides is 1. The maximum Gasteiger partial charge on any atom is 0.312 e. The Balaban J connectivity index is 1.58. The van der Waals surface area contributed by atoms with E-state index in [1.165, 1.54) is 40.4 Å². The van der Waals surface area contributed by atoms with Crippen LogP contribution >= 0.6 is 0 Å². The van der Waals surface area contributed by atoms with Crippen LogP contribution in [0.3, 0.4) is 0 Å². The number of carbonyl (C=O) groups excluding carboxylic acids is 3. The van der Waals surface area contributed by atoms with Crippen LogP contribution in [0.4, 0.5) is 5.69 Å². The number of hydrogen-bond acceptors (Lipinski definition) is 12. The van der Waals surface area contributed by atoms with Crippen molar-refractivity contribution in [1.29, 1.82) is 0 Å². The minimum atomic E-state index is -1.97. The molecule has 0 saturated carbocycles. The summed E-state index contributed by atoms with van der Waals surface area (Å²) >= 11 is 0. The van der Waals surface area contributed by atoms with E-state index in [9.17, 15) is 34.8 Å². The first-order valence-electron chi connectivity index (χ1n) is 18.9. The van der Waals surface area contributed by atoms with Crippen molar-refractivity contribution >= 4 is 50.8 Å². The summed E-state index contributed by atoms with van der Waals surface area (Å²) < 4.78 is 24.9. The number of ether oxygens (including phenoxy) is 4. The number of methoxy groups -OCH3 is 2. The Morgan fingerprint density at radius 2 is 1.67 bits per heavy atom. The summed E-state index contributed by atoms with van der Waals surface area (Å²) in [5.74, 6) is -8.00. The van der Waals surface area contributed by atoms with Gasteiger partial charge in [0.2, 0.25) is 0 Å².